The lowest BCUT2D eigenvalue weighted by molar-refractivity contribution is 0.00507. The largest absolute Gasteiger partial charge is 0.317 e. The van der Waals surface area contributed by atoms with E-state index in [4.69, 9.17) is 0 Å². The molecule has 0 aromatic rings. The van der Waals surface area contributed by atoms with E-state index in [-0.39, 0.29) is 0 Å². The maximum atomic E-state index is 3.46. The van der Waals surface area contributed by atoms with E-state index in [0.717, 1.165) is 10.8 Å². The van der Waals surface area contributed by atoms with Gasteiger partial charge in [-0.3, -0.25) is 0 Å². The van der Waals surface area contributed by atoms with Crippen molar-refractivity contribution in [1.82, 2.24) is 5.32 Å². The van der Waals surface area contributed by atoms with Gasteiger partial charge < -0.3 is 5.32 Å². The summed E-state index contributed by atoms with van der Waals surface area (Å²) in [7, 11) is 0. The summed E-state index contributed by atoms with van der Waals surface area (Å²) in [6.45, 7) is 2.58. The summed E-state index contributed by atoms with van der Waals surface area (Å²) in [6, 6.07) is 0. The van der Waals surface area contributed by atoms with Crippen molar-refractivity contribution in [1.29, 1.82) is 0 Å². The van der Waals surface area contributed by atoms with Crippen LogP contribution in [-0.4, -0.2) is 13.1 Å². The topological polar surface area (TPSA) is 12.0 Å². The molecule has 0 aromatic carbocycles. The lowest BCUT2D eigenvalue weighted by Gasteiger charge is -2.51. The van der Waals surface area contributed by atoms with Gasteiger partial charge in [0.25, 0.3) is 0 Å². The Labute approximate surface area is 68.6 Å². The molecule has 1 aliphatic heterocycles. The summed E-state index contributed by atoms with van der Waals surface area (Å²) in [4.78, 5) is 0. The zero-order valence-electron chi connectivity index (χ0n) is 7.16. The first-order valence-corrected chi connectivity index (χ1v) is 5.04. The normalized spacial score (nSPS) is 37.1. The van der Waals surface area contributed by atoms with Gasteiger partial charge in [-0.2, -0.15) is 0 Å². The standard InChI is InChI=1S/C10H17N/c1-2-9(1)7-10(8-9)3-5-11-6-4-10/h11H,1-8H2. The molecule has 3 fully saturated rings. The highest BCUT2D eigenvalue weighted by molar-refractivity contribution is 5.11. The molecule has 2 aliphatic carbocycles. The van der Waals surface area contributed by atoms with E-state index in [1.807, 2.05) is 0 Å². The number of hydrogen-bond acceptors (Lipinski definition) is 1. The fraction of sp³-hybridized carbons (Fsp3) is 1.00. The zero-order valence-corrected chi connectivity index (χ0v) is 7.16. The van der Waals surface area contributed by atoms with E-state index >= 15 is 0 Å². The van der Waals surface area contributed by atoms with Crippen molar-refractivity contribution in [3.63, 3.8) is 0 Å². The van der Waals surface area contributed by atoms with Crippen LogP contribution < -0.4 is 5.32 Å². The van der Waals surface area contributed by atoms with E-state index in [1.54, 1.807) is 25.7 Å². The van der Waals surface area contributed by atoms with Gasteiger partial charge in [-0.1, -0.05) is 0 Å². The van der Waals surface area contributed by atoms with Gasteiger partial charge in [-0.15, -0.1) is 0 Å². The lowest BCUT2D eigenvalue weighted by atomic mass is 9.56. The first kappa shape index (κ1) is 6.47. The van der Waals surface area contributed by atoms with E-state index < -0.39 is 0 Å². The van der Waals surface area contributed by atoms with Gasteiger partial charge in [0.1, 0.15) is 0 Å². The molecule has 0 bridgehead atoms. The van der Waals surface area contributed by atoms with E-state index in [0.29, 0.717) is 0 Å². The number of hydrogen-bond donors (Lipinski definition) is 1. The van der Waals surface area contributed by atoms with Gasteiger partial charge in [-0.25, -0.2) is 0 Å². The monoisotopic (exact) mass is 151 g/mol. The Balaban J connectivity index is 1.68. The molecule has 0 atom stereocenters. The maximum absolute atomic E-state index is 3.46. The van der Waals surface area contributed by atoms with Crippen molar-refractivity contribution in [2.24, 2.45) is 10.8 Å². The van der Waals surface area contributed by atoms with E-state index in [9.17, 15) is 0 Å². The van der Waals surface area contributed by atoms with Crippen molar-refractivity contribution in [3.05, 3.63) is 0 Å². The minimum absolute atomic E-state index is 0.835. The first-order valence-electron chi connectivity index (χ1n) is 5.04. The summed E-state index contributed by atoms with van der Waals surface area (Å²) in [6.07, 6.45) is 9.22. The lowest BCUT2D eigenvalue weighted by Crippen LogP contribution is -2.46. The minimum atomic E-state index is 0.835. The van der Waals surface area contributed by atoms with Crippen LogP contribution in [0.3, 0.4) is 0 Å². The quantitative estimate of drug-likeness (QED) is 0.558. The number of rotatable bonds is 0. The summed E-state index contributed by atoms with van der Waals surface area (Å²) in [5.74, 6) is 0. The third-order valence-electron chi connectivity index (χ3n) is 4.12. The first-order chi connectivity index (χ1) is 5.33. The fourth-order valence-electron chi connectivity index (χ4n) is 3.38. The van der Waals surface area contributed by atoms with Crippen molar-refractivity contribution in [3.8, 4) is 0 Å². The summed E-state index contributed by atoms with van der Waals surface area (Å²) < 4.78 is 0. The molecule has 2 spiro atoms. The molecule has 0 radical (unpaired) electrons. The van der Waals surface area contributed by atoms with E-state index in [2.05, 4.69) is 5.32 Å². The highest BCUT2D eigenvalue weighted by Crippen LogP contribution is 2.70. The molecule has 0 unspecified atom stereocenters. The SMILES string of the molecule is C1CC2(CCN1)CC1(CC1)C2. The molecule has 2 saturated carbocycles. The average molecular weight is 151 g/mol. The van der Waals surface area contributed by atoms with Gasteiger partial charge >= 0.3 is 0 Å². The second-order valence-corrected chi connectivity index (χ2v) is 5.10. The van der Waals surface area contributed by atoms with Crippen LogP contribution in [0.5, 0.6) is 0 Å². The van der Waals surface area contributed by atoms with Crippen LogP contribution >= 0.6 is 0 Å². The number of nitrogens with one attached hydrogen (secondary N) is 1. The smallest absolute Gasteiger partial charge is 0.00436 e. The van der Waals surface area contributed by atoms with E-state index in [1.165, 1.54) is 25.9 Å². The Bertz CT molecular complexity index is 165. The molecule has 62 valence electrons. The predicted molar refractivity (Wildman–Crippen MR) is 45.4 cm³/mol. The molecule has 1 saturated heterocycles. The third kappa shape index (κ3) is 0.868. The minimum Gasteiger partial charge on any atom is -0.317 e. The predicted octanol–water partition coefficient (Wildman–Crippen LogP) is 1.93. The van der Waals surface area contributed by atoms with Crippen LogP contribution in [0.1, 0.15) is 38.5 Å². The van der Waals surface area contributed by atoms with Crippen molar-refractivity contribution >= 4 is 0 Å². The van der Waals surface area contributed by atoms with Crippen LogP contribution in [0.25, 0.3) is 0 Å². The van der Waals surface area contributed by atoms with Gasteiger partial charge in [0.05, 0.1) is 0 Å². The molecule has 3 rings (SSSR count). The Morgan fingerprint density at radius 1 is 0.727 bits per heavy atom. The fourth-order valence-corrected chi connectivity index (χ4v) is 3.38. The van der Waals surface area contributed by atoms with Gasteiger partial charge in [0.2, 0.25) is 0 Å². The Morgan fingerprint density at radius 2 is 1.27 bits per heavy atom. The molecule has 3 aliphatic rings. The zero-order chi connectivity index (χ0) is 7.36. The van der Waals surface area contributed by atoms with Gasteiger partial charge in [-0.05, 0) is 62.4 Å². The molecule has 1 heteroatoms. The van der Waals surface area contributed by atoms with Crippen LogP contribution in [0.2, 0.25) is 0 Å². The maximum Gasteiger partial charge on any atom is -0.00436 e. The van der Waals surface area contributed by atoms with Crippen LogP contribution in [0.4, 0.5) is 0 Å². The van der Waals surface area contributed by atoms with Gasteiger partial charge in [0.15, 0.2) is 0 Å². The van der Waals surface area contributed by atoms with Crippen molar-refractivity contribution in [2.75, 3.05) is 13.1 Å². The second kappa shape index (κ2) is 1.82. The third-order valence-corrected chi connectivity index (χ3v) is 4.12. The van der Waals surface area contributed by atoms with Crippen LogP contribution in [0, 0.1) is 10.8 Å². The summed E-state index contributed by atoms with van der Waals surface area (Å²) in [5, 5.41) is 3.46. The molecule has 1 nitrogen and oxygen atoms in total. The average Bonchev–Trinajstić information content (AvgIpc) is 2.69. The molecule has 11 heavy (non-hydrogen) atoms. The molecule has 1 N–H and O–H groups in total. The number of piperidine rings is 1. The highest BCUT2D eigenvalue weighted by Gasteiger charge is 2.60. The van der Waals surface area contributed by atoms with Crippen LogP contribution in [0.15, 0.2) is 0 Å². The Kier molecular flexibility index (Phi) is 1.07. The second-order valence-electron chi connectivity index (χ2n) is 5.10. The van der Waals surface area contributed by atoms with Crippen molar-refractivity contribution in [2.45, 2.75) is 38.5 Å². The molecule has 0 aromatic heterocycles. The Morgan fingerprint density at radius 3 is 1.82 bits per heavy atom. The van der Waals surface area contributed by atoms with Gasteiger partial charge in [0, 0.05) is 0 Å². The summed E-state index contributed by atoms with van der Waals surface area (Å²) in [5.41, 5.74) is 1.75. The van der Waals surface area contributed by atoms with Crippen LogP contribution in [-0.2, 0) is 0 Å². The highest BCUT2D eigenvalue weighted by atomic mass is 14.9. The summed E-state index contributed by atoms with van der Waals surface area (Å²) >= 11 is 0. The molecule has 1 heterocycles. The molecule has 0 amide bonds. The Hall–Kier alpha value is -0.0400. The molecular formula is C10H17N. The van der Waals surface area contributed by atoms with Crippen molar-refractivity contribution < 1.29 is 0 Å². The molecular weight excluding hydrogens is 134 g/mol.